The number of imide groups is 1. The number of benzene rings is 3. The Morgan fingerprint density at radius 3 is 2.13 bits per heavy atom. The first-order valence-electron chi connectivity index (χ1n) is 9.20. The van der Waals surface area contributed by atoms with E-state index in [0.29, 0.717) is 22.6 Å². The number of rotatable bonds is 5. The van der Waals surface area contributed by atoms with Crippen LogP contribution in [0.5, 0.6) is 0 Å². The number of halogens is 3. The van der Waals surface area contributed by atoms with Crippen LogP contribution < -0.4 is 5.32 Å². The normalized spacial score (nSPS) is 13.1. The van der Waals surface area contributed by atoms with Crippen LogP contribution in [0.4, 0.5) is 18.9 Å². The summed E-state index contributed by atoms with van der Waals surface area (Å²) in [5.74, 6) is -6.07. The molecule has 0 aromatic heterocycles. The molecule has 3 aromatic carbocycles. The van der Waals surface area contributed by atoms with Crippen molar-refractivity contribution < 1.29 is 27.6 Å². The second-order valence-corrected chi connectivity index (χ2v) is 6.85. The number of carbonyl (C=O) groups is 3. The van der Waals surface area contributed by atoms with Gasteiger partial charge in [-0.05, 0) is 36.1 Å². The summed E-state index contributed by atoms with van der Waals surface area (Å²) < 4.78 is 39.9. The molecule has 0 unspecified atom stereocenters. The zero-order valence-corrected chi connectivity index (χ0v) is 15.5. The Bertz CT molecular complexity index is 1160. The molecule has 3 aromatic rings. The maximum absolute atomic E-state index is 13.7. The standard InChI is InChI=1S/C22H15F3N2O3/c23-15-9-10-16(20(25)19(15)24)26-17(28)8-3-11-27-21(29)13-6-1-4-12-5-2-7-14(18(12)13)22(27)30/h1-2,4-7,9-10H,3,8,11H2,(H,26,28). The minimum absolute atomic E-state index is 0.0178. The summed E-state index contributed by atoms with van der Waals surface area (Å²) >= 11 is 0. The van der Waals surface area contributed by atoms with Crippen LogP contribution in [0.3, 0.4) is 0 Å². The number of hydrogen-bond acceptors (Lipinski definition) is 3. The minimum Gasteiger partial charge on any atom is -0.324 e. The fourth-order valence-electron chi connectivity index (χ4n) is 3.52. The highest BCUT2D eigenvalue weighted by atomic mass is 19.2. The van der Waals surface area contributed by atoms with E-state index in [-0.39, 0.29) is 19.4 Å². The van der Waals surface area contributed by atoms with Gasteiger partial charge in [-0.15, -0.1) is 0 Å². The van der Waals surface area contributed by atoms with E-state index >= 15 is 0 Å². The number of anilines is 1. The molecule has 0 fully saturated rings. The van der Waals surface area contributed by atoms with Crippen LogP contribution in [0.2, 0.25) is 0 Å². The highest BCUT2D eigenvalue weighted by Gasteiger charge is 2.32. The van der Waals surface area contributed by atoms with Crippen LogP contribution in [0.1, 0.15) is 33.6 Å². The highest BCUT2D eigenvalue weighted by Crippen LogP contribution is 2.30. The molecule has 1 aliphatic rings. The first-order chi connectivity index (χ1) is 14.4. The first-order valence-corrected chi connectivity index (χ1v) is 9.20. The van der Waals surface area contributed by atoms with E-state index in [1.165, 1.54) is 0 Å². The Morgan fingerprint density at radius 1 is 0.867 bits per heavy atom. The topological polar surface area (TPSA) is 66.5 Å². The van der Waals surface area contributed by atoms with Gasteiger partial charge >= 0.3 is 0 Å². The van der Waals surface area contributed by atoms with Crippen molar-refractivity contribution in [3.05, 3.63) is 77.1 Å². The predicted molar refractivity (Wildman–Crippen MR) is 103 cm³/mol. The van der Waals surface area contributed by atoms with E-state index in [1.807, 2.05) is 12.1 Å². The van der Waals surface area contributed by atoms with Gasteiger partial charge in [0.15, 0.2) is 17.5 Å². The van der Waals surface area contributed by atoms with Gasteiger partial charge in [0, 0.05) is 29.5 Å². The molecule has 152 valence electrons. The number of amides is 3. The number of nitrogens with zero attached hydrogens (tertiary/aromatic N) is 1. The molecule has 1 N–H and O–H groups in total. The fourth-order valence-corrected chi connectivity index (χ4v) is 3.52. The Balaban J connectivity index is 1.43. The molecular weight excluding hydrogens is 397 g/mol. The Hall–Kier alpha value is -3.68. The van der Waals surface area contributed by atoms with E-state index in [4.69, 9.17) is 0 Å². The SMILES string of the molecule is O=C(CCCN1C(=O)c2cccc3cccc(c23)C1=O)Nc1ccc(F)c(F)c1F. The maximum atomic E-state index is 13.7. The van der Waals surface area contributed by atoms with Gasteiger partial charge in [0.05, 0.1) is 5.69 Å². The zero-order valence-electron chi connectivity index (χ0n) is 15.5. The summed E-state index contributed by atoms with van der Waals surface area (Å²) in [6, 6.07) is 12.0. The van der Waals surface area contributed by atoms with Gasteiger partial charge < -0.3 is 5.32 Å². The predicted octanol–water partition coefficient (Wildman–Crippen LogP) is 4.27. The van der Waals surface area contributed by atoms with Crippen molar-refractivity contribution >= 4 is 34.2 Å². The summed E-state index contributed by atoms with van der Waals surface area (Å²) in [6.45, 7) is -0.0178. The molecule has 3 amide bonds. The molecule has 0 bridgehead atoms. The third-order valence-corrected chi connectivity index (χ3v) is 4.95. The second kappa shape index (κ2) is 7.62. The zero-order chi connectivity index (χ0) is 21.4. The minimum atomic E-state index is -1.68. The third-order valence-electron chi connectivity index (χ3n) is 4.95. The average molecular weight is 412 g/mol. The van der Waals surface area contributed by atoms with E-state index in [9.17, 15) is 27.6 Å². The summed E-state index contributed by atoms with van der Waals surface area (Å²) in [5, 5.41) is 3.56. The van der Waals surface area contributed by atoms with E-state index in [1.54, 1.807) is 24.3 Å². The lowest BCUT2D eigenvalue weighted by atomic mass is 9.94. The molecule has 1 heterocycles. The van der Waals surface area contributed by atoms with Crippen LogP contribution in [0.25, 0.3) is 10.8 Å². The van der Waals surface area contributed by atoms with Crippen molar-refractivity contribution in [2.75, 3.05) is 11.9 Å². The number of hydrogen-bond donors (Lipinski definition) is 1. The van der Waals surface area contributed by atoms with Gasteiger partial charge in [0.25, 0.3) is 11.8 Å². The molecule has 0 spiro atoms. The average Bonchev–Trinajstić information content (AvgIpc) is 2.74. The quantitative estimate of drug-likeness (QED) is 0.503. The molecule has 5 nitrogen and oxygen atoms in total. The van der Waals surface area contributed by atoms with E-state index in [2.05, 4.69) is 5.32 Å². The summed E-state index contributed by atoms with van der Waals surface area (Å²) in [6.07, 6.45) is -0.0336. The van der Waals surface area contributed by atoms with Crippen molar-refractivity contribution in [3.63, 3.8) is 0 Å². The lowest BCUT2D eigenvalue weighted by Crippen LogP contribution is -2.41. The molecule has 30 heavy (non-hydrogen) atoms. The van der Waals surface area contributed by atoms with Crippen LogP contribution in [-0.2, 0) is 4.79 Å². The Labute approximate surface area is 169 Å². The molecule has 0 atom stereocenters. The van der Waals surface area contributed by atoms with Crippen LogP contribution in [0, 0.1) is 17.5 Å². The van der Waals surface area contributed by atoms with Gasteiger partial charge in [-0.3, -0.25) is 19.3 Å². The fraction of sp³-hybridized carbons (Fsp3) is 0.136. The summed E-state index contributed by atoms with van der Waals surface area (Å²) in [4.78, 5) is 38.7. The van der Waals surface area contributed by atoms with E-state index < -0.39 is 40.9 Å². The summed E-state index contributed by atoms with van der Waals surface area (Å²) in [7, 11) is 0. The van der Waals surface area contributed by atoms with Crippen LogP contribution >= 0.6 is 0 Å². The first kappa shape index (κ1) is 19.6. The molecule has 0 saturated heterocycles. The maximum Gasteiger partial charge on any atom is 0.261 e. The molecule has 0 saturated carbocycles. The lowest BCUT2D eigenvalue weighted by Gasteiger charge is -2.27. The van der Waals surface area contributed by atoms with Crippen molar-refractivity contribution in [2.45, 2.75) is 12.8 Å². The van der Waals surface area contributed by atoms with Crippen molar-refractivity contribution in [1.82, 2.24) is 4.90 Å². The smallest absolute Gasteiger partial charge is 0.261 e. The Kier molecular flexibility index (Phi) is 4.99. The monoisotopic (exact) mass is 412 g/mol. The van der Waals surface area contributed by atoms with Crippen molar-refractivity contribution in [3.8, 4) is 0 Å². The molecule has 8 heteroatoms. The van der Waals surface area contributed by atoms with E-state index in [0.717, 1.165) is 16.4 Å². The summed E-state index contributed by atoms with van der Waals surface area (Å²) in [5.41, 5.74) is 0.344. The van der Waals surface area contributed by atoms with Crippen LogP contribution in [0.15, 0.2) is 48.5 Å². The molecule has 0 radical (unpaired) electrons. The van der Waals surface area contributed by atoms with Crippen molar-refractivity contribution in [1.29, 1.82) is 0 Å². The van der Waals surface area contributed by atoms with Gasteiger partial charge in [-0.1, -0.05) is 24.3 Å². The third kappa shape index (κ3) is 3.30. The second-order valence-electron chi connectivity index (χ2n) is 6.85. The molecule has 0 aliphatic carbocycles. The number of nitrogens with one attached hydrogen (secondary N) is 1. The highest BCUT2D eigenvalue weighted by molar-refractivity contribution is 6.25. The largest absolute Gasteiger partial charge is 0.324 e. The Morgan fingerprint density at radius 2 is 1.50 bits per heavy atom. The lowest BCUT2D eigenvalue weighted by molar-refractivity contribution is -0.116. The van der Waals surface area contributed by atoms with Gasteiger partial charge in [-0.2, -0.15) is 0 Å². The molecule has 4 rings (SSSR count). The number of carbonyl (C=O) groups excluding carboxylic acids is 3. The van der Waals surface area contributed by atoms with Gasteiger partial charge in [0.1, 0.15) is 0 Å². The molecule has 1 aliphatic heterocycles. The van der Waals surface area contributed by atoms with Gasteiger partial charge in [0.2, 0.25) is 5.91 Å². The van der Waals surface area contributed by atoms with Gasteiger partial charge in [-0.25, -0.2) is 13.2 Å². The molecular formula is C22H15F3N2O3. The van der Waals surface area contributed by atoms with Crippen LogP contribution in [-0.4, -0.2) is 29.2 Å². The van der Waals surface area contributed by atoms with Crippen molar-refractivity contribution in [2.24, 2.45) is 0 Å².